The van der Waals surface area contributed by atoms with Crippen LogP contribution >= 0.6 is 23.2 Å². The summed E-state index contributed by atoms with van der Waals surface area (Å²) >= 11 is 12.5. The summed E-state index contributed by atoms with van der Waals surface area (Å²) in [6.07, 6.45) is 1.08. The van der Waals surface area contributed by atoms with Gasteiger partial charge in [-0.15, -0.1) is 0 Å². The lowest BCUT2D eigenvalue weighted by atomic mass is 10.1. The van der Waals surface area contributed by atoms with Gasteiger partial charge in [0.2, 0.25) is 5.75 Å². The fraction of sp³-hybridized carbons (Fsp3) is 0.308. The first kappa shape index (κ1) is 27.2. The molecule has 10 nitrogen and oxygen atoms in total. The smallest absolute Gasteiger partial charge is 0.315 e. The summed E-state index contributed by atoms with van der Waals surface area (Å²) in [5.41, 5.74) is -1.14. The summed E-state index contributed by atoms with van der Waals surface area (Å²) in [4.78, 5) is 46.6. The molecule has 0 spiro atoms. The molecule has 5 rings (SSSR count). The molecule has 1 aromatic heterocycles. The number of sulfone groups is 1. The van der Waals surface area contributed by atoms with Crippen molar-refractivity contribution in [2.45, 2.75) is 30.3 Å². The van der Waals surface area contributed by atoms with E-state index in [9.17, 15) is 27.9 Å². The first-order valence-electron chi connectivity index (χ1n) is 12.3. The second-order valence-electron chi connectivity index (χ2n) is 9.30. The molecule has 1 N–H and O–H groups in total. The molecule has 0 saturated carbocycles. The Morgan fingerprint density at radius 3 is 2.38 bits per heavy atom. The molecule has 13 heteroatoms. The van der Waals surface area contributed by atoms with E-state index in [1.165, 1.54) is 26.5 Å². The van der Waals surface area contributed by atoms with E-state index < -0.39 is 39.0 Å². The quantitative estimate of drug-likeness (QED) is 0.466. The summed E-state index contributed by atoms with van der Waals surface area (Å²) in [5.74, 6) is -2.08. The molecule has 0 bridgehead atoms. The van der Waals surface area contributed by atoms with Gasteiger partial charge in [0.25, 0.3) is 11.8 Å². The van der Waals surface area contributed by atoms with Gasteiger partial charge < -0.3 is 19.5 Å². The Morgan fingerprint density at radius 2 is 1.69 bits per heavy atom. The van der Waals surface area contributed by atoms with Gasteiger partial charge >= 0.3 is 5.56 Å². The highest BCUT2D eigenvalue weighted by Gasteiger charge is 2.39. The fourth-order valence-electron chi connectivity index (χ4n) is 5.04. The Morgan fingerprint density at radius 1 is 1.00 bits per heavy atom. The molecule has 1 fully saturated rings. The molecule has 2 aliphatic heterocycles. The zero-order valence-corrected chi connectivity index (χ0v) is 22.9. The van der Waals surface area contributed by atoms with Crippen LogP contribution in [-0.4, -0.2) is 70.1 Å². The van der Waals surface area contributed by atoms with E-state index in [1.54, 1.807) is 36.4 Å². The Kier molecular flexibility index (Phi) is 7.41. The second kappa shape index (κ2) is 10.6. The Balaban J connectivity index is 1.45. The molecular weight excluding hydrogens is 567 g/mol. The van der Waals surface area contributed by atoms with Crippen LogP contribution in [0, 0.1) is 0 Å². The van der Waals surface area contributed by atoms with E-state index in [0.717, 1.165) is 0 Å². The zero-order valence-electron chi connectivity index (χ0n) is 20.6. The average molecular weight is 591 g/mol. The van der Waals surface area contributed by atoms with Crippen LogP contribution < -0.4 is 5.56 Å². The minimum Gasteiger partial charge on any atom is -0.501 e. The second-order valence-corrected chi connectivity index (χ2v) is 12.2. The molecule has 0 unspecified atom stereocenters. The number of benzene rings is 2. The molecule has 204 valence electrons. The number of halogens is 2. The van der Waals surface area contributed by atoms with Crippen LogP contribution in [0.4, 0.5) is 0 Å². The maximum atomic E-state index is 13.5. The zero-order chi connectivity index (χ0) is 27.9. The number of hydrogen-bond donors (Lipinski definition) is 1. The first-order chi connectivity index (χ1) is 18.6. The van der Waals surface area contributed by atoms with Crippen molar-refractivity contribution in [1.29, 1.82) is 0 Å². The molecule has 39 heavy (non-hydrogen) atoms. The monoisotopic (exact) mass is 590 g/mol. The van der Waals surface area contributed by atoms with Crippen molar-refractivity contribution in [3.63, 3.8) is 0 Å². The van der Waals surface area contributed by atoms with Gasteiger partial charge in [0, 0.05) is 26.2 Å². The lowest BCUT2D eigenvalue weighted by Gasteiger charge is -2.34. The SMILES string of the molecule is O=C1c2c(O)c(=O)nc([C@H]3CCCN3C(=O)c3c(Cl)cccc3Cl)n2CCN1CCS(=O)(=O)c1ccccc1. The number of fused-ring (bicyclic) bond motifs is 1. The molecule has 3 aromatic rings. The van der Waals surface area contributed by atoms with Crippen LogP contribution in [0.25, 0.3) is 0 Å². The largest absolute Gasteiger partial charge is 0.501 e. The summed E-state index contributed by atoms with van der Waals surface area (Å²) in [7, 11) is -3.65. The van der Waals surface area contributed by atoms with Crippen LogP contribution in [0.15, 0.2) is 58.2 Å². The van der Waals surface area contributed by atoms with Crippen molar-refractivity contribution in [2.75, 3.05) is 25.4 Å². The van der Waals surface area contributed by atoms with Crippen molar-refractivity contribution in [2.24, 2.45) is 0 Å². The van der Waals surface area contributed by atoms with Crippen molar-refractivity contribution in [3.05, 3.63) is 86.0 Å². The molecule has 2 aliphatic rings. The summed E-state index contributed by atoms with van der Waals surface area (Å²) in [6, 6.07) is 12.0. The van der Waals surface area contributed by atoms with Gasteiger partial charge in [0.1, 0.15) is 5.82 Å². The number of amides is 2. The molecule has 0 aliphatic carbocycles. The van der Waals surface area contributed by atoms with Gasteiger partial charge in [-0.05, 0) is 37.1 Å². The normalized spacial score (nSPS) is 17.4. The third-order valence-electron chi connectivity index (χ3n) is 6.99. The van der Waals surface area contributed by atoms with Crippen LogP contribution in [-0.2, 0) is 16.4 Å². The van der Waals surface area contributed by atoms with Gasteiger partial charge in [0.15, 0.2) is 15.5 Å². The van der Waals surface area contributed by atoms with Gasteiger partial charge in [-0.2, -0.15) is 4.98 Å². The number of rotatable bonds is 6. The van der Waals surface area contributed by atoms with E-state index in [-0.39, 0.29) is 57.4 Å². The van der Waals surface area contributed by atoms with Crippen LogP contribution in [0.1, 0.15) is 45.6 Å². The fourth-order valence-corrected chi connectivity index (χ4v) is 6.87. The highest BCUT2D eigenvalue weighted by molar-refractivity contribution is 7.91. The molecule has 0 radical (unpaired) electrons. The van der Waals surface area contributed by atoms with Crippen molar-refractivity contribution in [1.82, 2.24) is 19.4 Å². The van der Waals surface area contributed by atoms with E-state index in [1.807, 2.05) is 0 Å². The topological polar surface area (TPSA) is 130 Å². The molecule has 2 amide bonds. The number of hydrogen-bond acceptors (Lipinski definition) is 7. The average Bonchev–Trinajstić information content (AvgIpc) is 3.40. The van der Waals surface area contributed by atoms with E-state index in [2.05, 4.69) is 4.98 Å². The minimum absolute atomic E-state index is 0.125. The molecule has 3 heterocycles. The van der Waals surface area contributed by atoms with Crippen molar-refractivity contribution >= 4 is 44.9 Å². The van der Waals surface area contributed by atoms with E-state index >= 15 is 0 Å². The summed E-state index contributed by atoms with van der Waals surface area (Å²) < 4.78 is 26.9. The molecule has 1 atom stereocenters. The van der Waals surface area contributed by atoms with Crippen molar-refractivity contribution < 1.29 is 23.1 Å². The lowest BCUT2D eigenvalue weighted by Crippen LogP contribution is -2.46. The van der Waals surface area contributed by atoms with Crippen LogP contribution in [0.2, 0.25) is 10.0 Å². The van der Waals surface area contributed by atoms with Gasteiger partial charge in [-0.1, -0.05) is 47.5 Å². The Hall–Kier alpha value is -3.41. The predicted molar refractivity (Wildman–Crippen MR) is 144 cm³/mol. The minimum atomic E-state index is -3.65. The Labute approximate surface area is 234 Å². The number of likely N-dealkylation sites (tertiary alicyclic amines) is 1. The Bertz CT molecular complexity index is 1610. The van der Waals surface area contributed by atoms with Crippen molar-refractivity contribution in [3.8, 4) is 5.75 Å². The highest BCUT2D eigenvalue weighted by Crippen LogP contribution is 2.36. The molecule has 1 saturated heterocycles. The lowest BCUT2D eigenvalue weighted by molar-refractivity contribution is 0.0689. The molecular formula is C26H24Cl2N4O6S. The van der Waals surface area contributed by atoms with E-state index in [0.29, 0.717) is 19.4 Å². The third kappa shape index (κ3) is 5.02. The highest BCUT2D eigenvalue weighted by atomic mass is 35.5. The summed E-state index contributed by atoms with van der Waals surface area (Å²) in [6.45, 7) is 0.507. The maximum Gasteiger partial charge on any atom is 0.315 e. The number of carbonyl (C=O) groups is 2. The summed E-state index contributed by atoms with van der Waals surface area (Å²) in [5, 5.41) is 10.9. The van der Waals surface area contributed by atoms with Gasteiger partial charge in [0.05, 0.1) is 32.3 Å². The standard InChI is InChI=1S/C26H24Cl2N4O6S/c27-17-8-4-9-18(28)20(17)25(35)31-11-5-10-19(31)23-29-24(34)22(33)21-26(36)30(12-13-32(21)23)14-15-39(37,38)16-6-2-1-3-7-16/h1-4,6-9,19,33H,5,10-15H2/t19-/m1/s1. The van der Waals surface area contributed by atoms with Gasteiger partial charge in [-0.3, -0.25) is 14.4 Å². The molecule has 2 aromatic carbocycles. The van der Waals surface area contributed by atoms with E-state index in [4.69, 9.17) is 23.2 Å². The van der Waals surface area contributed by atoms with Crippen LogP contribution in [0.3, 0.4) is 0 Å². The number of aromatic hydroxyl groups is 1. The number of carbonyl (C=O) groups excluding carboxylic acids is 2. The van der Waals surface area contributed by atoms with Crippen LogP contribution in [0.5, 0.6) is 5.75 Å². The predicted octanol–water partition coefficient (Wildman–Crippen LogP) is 3.16. The first-order valence-corrected chi connectivity index (χ1v) is 14.7. The number of nitrogens with zero attached hydrogens (tertiary/aromatic N) is 4. The van der Waals surface area contributed by atoms with Gasteiger partial charge in [-0.25, -0.2) is 8.42 Å². The third-order valence-corrected chi connectivity index (χ3v) is 9.33. The maximum absolute atomic E-state index is 13.5. The number of aromatic nitrogens is 2.